The van der Waals surface area contributed by atoms with Crippen molar-refractivity contribution in [1.82, 2.24) is 19.2 Å². The van der Waals surface area contributed by atoms with Crippen molar-refractivity contribution in [2.75, 3.05) is 26.3 Å². The predicted octanol–water partition coefficient (Wildman–Crippen LogP) is 2.54. The number of aromatic nitrogens is 2. The second-order valence-corrected chi connectivity index (χ2v) is 10.2. The molecule has 12 heteroatoms. The van der Waals surface area contributed by atoms with Gasteiger partial charge in [-0.1, -0.05) is 0 Å². The normalized spacial score (nSPS) is 14.6. The quantitative estimate of drug-likeness (QED) is 0.543. The molecule has 0 unspecified atom stereocenters. The molecule has 1 aromatic carbocycles. The Morgan fingerprint density at radius 2 is 1.88 bits per heavy atom. The number of halogens is 2. The Morgan fingerprint density at radius 1 is 1.18 bits per heavy atom. The molecule has 1 fully saturated rings. The molecule has 0 atom stereocenters. The molecular formula is C21H22F2N4O4S2. The lowest BCUT2D eigenvalue weighted by atomic mass is 10.2. The first-order chi connectivity index (χ1) is 15.7. The molecule has 0 saturated carbocycles. The van der Waals surface area contributed by atoms with Crippen LogP contribution in [0, 0.1) is 18.6 Å². The number of thiazole rings is 1. The number of nitrogens with zero attached hydrogens (tertiary/aromatic N) is 3. The molecule has 1 amide bonds. The fraction of sp³-hybridized carbons (Fsp3) is 0.333. The lowest BCUT2D eigenvalue weighted by Gasteiger charge is -2.27. The maximum atomic E-state index is 13.4. The molecule has 8 nitrogen and oxygen atoms in total. The monoisotopic (exact) mass is 496 g/mol. The number of aryl methyl sites for hydroxylation is 1. The Hall–Kier alpha value is -2.67. The molecule has 0 radical (unpaired) electrons. The molecule has 4 rings (SSSR count). The van der Waals surface area contributed by atoms with E-state index in [9.17, 15) is 22.0 Å². The molecule has 1 saturated heterocycles. The lowest BCUT2D eigenvalue weighted by molar-refractivity contribution is -0.135. The van der Waals surface area contributed by atoms with E-state index in [4.69, 9.17) is 4.74 Å². The van der Waals surface area contributed by atoms with Gasteiger partial charge in [-0.05, 0) is 30.7 Å². The van der Waals surface area contributed by atoms with E-state index in [0.717, 1.165) is 17.8 Å². The van der Waals surface area contributed by atoms with Gasteiger partial charge in [0.2, 0.25) is 15.9 Å². The highest BCUT2D eigenvalue weighted by molar-refractivity contribution is 7.89. The average molecular weight is 497 g/mol. The average Bonchev–Trinajstić information content (AvgIpc) is 3.39. The SMILES string of the molecule is Cc1csc(-c2cc(S(=O)(=O)NCc3cc(F)cc(F)c3)cn2CC(=O)N2CCOCC2)n1. The van der Waals surface area contributed by atoms with Crippen molar-refractivity contribution in [3.8, 4) is 10.7 Å². The fourth-order valence-corrected chi connectivity index (χ4v) is 5.33. The van der Waals surface area contributed by atoms with Crippen LogP contribution in [0.5, 0.6) is 0 Å². The van der Waals surface area contributed by atoms with Crippen molar-refractivity contribution in [1.29, 1.82) is 0 Å². The van der Waals surface area contributed by atoms with E-state index >= 15 is 0 Å². The summed E-state index contributed by atoms with van der Waals surface area (Å²) < 4.78 is 61.9. The summed E-state index contributed by atoms with van der Waals surface area (Å²) in [6, 6.07) is 4.27. The third-order valence-electron chi connectivity index (χ3n) is 5.08. The number of ether oxygens (including phenoxy) is 1. The van der Waals surface area contributed by atoms with Crippen LogP contribution in [0.2, 0.25) is 0 Å². The predicted molar refractivity (Wildman–Crippen MR) is 118 cm³/mol. The second kappa shape index (κ2) is 9.67. The number of carbonyl (C=O) groups excluding carboxylic acids is 1. The molecule has 33 heavy (non-hydrogen) atoms. The number of morpholine rings is 1. The first kappa shape index (κ1) is 23.5. The summed E-state index contributed by atoms with van der Waals surface area (Å²) in [6.45, 7) is 3.34. The summed E-state index contributed by atoms with van der Waals surface area (Å²) in [4.78, 5) is 18.8. The number of amides is 1. The van der Waals surface area contributed by atoms with Gasteiger partial charge in [-0.15, -0.1) is 11.3 Å². The van der Waals surface area contributed by atoms with E-state index in [0.29, 0.717) is 43.1 Å². The van der Waals surface area contributed by atoms with Crippen molar-refractivity contribution >= 4 is 27.3 Å². The number of benzene rings is 1. The Morgan fingerprint density at radius 3 is 2.52 bits per heavy atom. The Balaban J connectivity index is 1.60. The van der Waals surface area contributed by atoms with Gasteiger partial charge in [0.25, 0.3) is 0 Å². The summed E-state index contributed by atoms with van der Waals surface area (Å²) in [5.41, 5.74) is 1.42. The number of hydrogen-bond donors (Lipinski definition) is 1. The van der Waals surface area contributed by atoms with Crippen LogP contribution >= 0.6 is 11.3 Å². The molecule has 1 aliphatic rings. The van der Waals surface area contributed by atoms with Gasteiger partial charge in [-0.2, -0.15) is 0 Å². The van der Waals surface area contributed by atoms with E-state index in [-0.39, 0.29) is 29.5 Å². The van der Waals surface area contributed by atoms with E-state index < -0.39 is 21.7 Å². The number of rotatable bonds is 7. The zero-order valence-electron chi connectivity index (χ0n) is 17.8. The van der Waals surface area contributed by atoms with Gasteiger partial charge >= 0.3 is 0 Å². The number of nitrogens with one attached hydrogen (secondary N) is 1. The first-order valence-electron chi connectivity index (χ1n) is 10.1. The molecule has 2 aromatic heterocycles. The first-order valence-corrected chi connectivity index (χ1v) is 12.5. The highest BCUT2D eigenvalue weighted by atomic mass is 32.2. The third-order valence-corrected chi connectivity index (χ3v) is 7.43. The molecule has 3 heterocycles. The van der Waals surface area contributed by atoms with Crippen molar-refractivity contribution in [2.24, 2.45) is 0 Å². The molecule has 176 valence electrons. The Bertz CT molecular complexity index is 1250. The van der Waals surface area contributed by atoms with Gasteiger partial charge in [0.1, 0.15) is 28.1 Å². The van der Waals surface area contributed by atoms with Gasteiger partial charge in [-0.25, -0.2) is 26.9 Å². The summed E-state index contributed by atoms with van der Waals surface area (Å²) in [7, 11) is -4.03. The number of sulfonamides is 1. The van der Waals surface area contributed by atoms with Gasteiger partial charge in [0, 0.05) is 43.0 Å². The van der Waals surface area contributed by atoms with Gasteiger partial charge < -0.3 is 14.2 Å². The summed E-state index contributed by atoms with van der Waals surface area (Å²) >= 11 is 1.34. The molecule has 0 bridgehead atoms. The molecule has 0 aliphatic carbocycles. The van der Waals surface area contributed by atoms with E-state index in [1.165, 1.54) is 23.6 Å². The van der Waals surface area contributed by atoms with Gasteiger partial charge in [0.15, 0.2) is 0 Å². The summed E-state index contributed by atoms with van der Waals surface area (Å²) in [6.07, 6.45) is 1.37. The minimum atomic E-state index is -4.03. The molecule has 3 aromatic rings. The summed E-state index contributed by atoms with van der Waals surface area (Å²) in [5.74, 6) is -1.74. The highest BCUT2D eigenvalue weighted by Crippen LogP contribution is 2.28. The number of hydrogen-bond acceptors (Lipinski definition) is 6. The highest BCUT2D eigenvalue weighted by Gasteiger charge is 2.24. The smallest absolute Gasteiger partial charge is 0.242 e. The number of carbonyl (C=O) groups is 1. The minimum absolute atomic E-state index is 0.0570. The van der Waals surface area contributed by atoms with Gasteiger partial charge in [0.05, 0.1) is 18.9 Å². The van der Waals surface area contributed by atoms with Crippen LogP contribution < -0.4 is 4.72 Å². The van der Waals surface area contributed by atoms with Crippen molar-refractivity contribution in [3.05, 3.63) is 58.7 Å². The molecule has 0 spiro atoms. The van der Waals surface area contributed by atoms with Crippen molar-refractivity contribution < 1.29 is 26.7 Å². The van der Waals surface area contributed by atoms with Crippen LogP contribution in [0.15, 0.2) is 40.7 Å². The largest absolute Gasteiger partial charge is 0.378 e. The topological polar surface area (TPSA) is 93.5 Å². The lowest BCUT2D eigenvalue weighted by Crippen LogP contribution is -2.42. The fourth-order valence-electron chi connectivity index (χ4n) is 3.45. The van der Waals surface area contributed by atoms with E-state index in [1.54, 1.807) is 9.47 Å². The van der Waals surface area contributed by atoms with Crippen LogP contribution in [-0.4, -0.2) is 55.1 Å². The Labute approximate surface area is 193 Å². The standard InChI is InChI=1S/C21H22F2N4O4S2/c1-14-13-32-21(25-14)19-9-18(11-27(19)12-20(28)26-2-4-31-5-3-26)33(29,30)24-10-15-6-16(22)8-17(23)7-15/h6-9,11,13,24H,2-5,10,12H2,1H3. The van der Waals surface area contributed by atoms with E-state index in [2.05, 4.69) is 9.71 Å². The van der Waals surface area contributed by atoms with Crippen LogP contribution in [-0.2, 0) is 32.6 Å². The third kappa shape index (κ3) is 5.64. The second-order valence-electron chi connectivity index (χ2n) is 7.58. The molecular weight excluding hydrogens is 474 g/mol. The maximum Gasteiger partial charge on any atom is 0.242 e. The molecule has 1 N–H and O–H groups in total. The van der Waals surface area contributed by atoms with Crippen LogP contribution in [0.1, 0.15) is 11.3 Å². The van der Waals surface area contributed by atoms with Crippen LogP contribution in [0.25, 0.3) is 10.7 Å². The molecule has 1 aliphatic heterocycles. The summed E-state index contributed by atoms with van der Waals surface area (Å²) in [5, 5.41) is 2.41. The van der Waals surface area contributed by atoms with Crippen LogP contribution in [0.3, 0.4) is 0 Å². The van der Waals surface area contributed by atoms with Gasteiger partial charge in [-0.3, -0.25) is 4.79 Å². The van der Waals surface area contributed by atoms with Crippen LogP contribution in [0.4, 0.5) is 8.78 Å². The van der Waals surface area contributed by atoms with Crippen molar-refractivity contribution in [2.45, 2.75) is 24.9 Å². The van der Waals surface area contributed by atoms with Crippen molar-refractivity contribution in [3.63, 3.8) is 0 Å². The Kier molecular flexibility index (Phi) is 6.88. The minimum Gasteiger partial charge on any atom is -0.378 e. The zero-order valence-corrected chi connectivity index (χ0v) is 19.4. The maximum absolute atomic E-state index is 13.4. The van der Waals surface area contributed by atoms with E-state index in [1.807, 2.05) is 12.3 Å². The zero-order chi connectivity index (χ0) is 23.6.